The van der Waals surface area contributed by atoms with Crippen LogP contribution in [0.4, 0.5) is 0 Å². The Morgan fingerprint density at radius 3 is 2.87 bits per heavy atom. The van der Waals surface area contributed by atoms with Crippen LogP contribution in [0.2, 0.25) is 0 Å². The van der Waals surface area contributed by atoms with Crippen molar-refractivity contribution in [2.24, 2.45) is 5.73 Å². The van der Waals surface area contributed by atoms with Crippen molar-refractivity contribution in [2.45, 2.75) is 26.3 Å². The zero-order chi connectivity index (χ0) is 10.8. The van der Waals surface area contributed by atoms with Gasteiger partial charge in [0.1, 0.15) is 11.3 Å². The van der Waals surface area contributed by atoms with Crippen molar-refractivity contribution in [1.29, 1.82) is 0 Å². The molecule has 2 nitrogen and oxygen atoms in total. The molecule has 0 aliphatic carbocycles. The minimum absolute atomic E-state index is 0.486. The molecule has 0 spiro atoms. The van der Waals surface area contributed by atoms with Crippen molar-refractivity contribution in [3.8, 4) is 0 Å². The van der Waals surface area contributed by atoms with Crippen LogP contribution in [0.3, 0.4) is 0 Å². The number of hydrogen-bond acceptors (Lipinski definition) is 2. The molecule has 0 aliphatic rings. The van der Waals surface area contributed by atoms with Crippen molar-refractivity contribution in [3.63, 3.8) is 0 Å². The molecule has 0 bridgehead atoms. The van der Waals surface area contributed by atoms with E-state index in [1.54, 1.807) is 0 Å². The third kappa shape index (κ3) is 1.90. The third-order valence-corrected chi connectivity index (χ3v) is 3.39. The Labute approximate surface area is 103 Å². The number of para-hydroxylation sites is 1. The molecule has 2 N–H and O–H groups in total. The standard InChI is InChI=1S/C12H14INO/c1-2-4-8-9-5-3-6-10(13)12(9)15-11(8)7-14/h3,5-6H,2,4,7,14H2,1H3. The number of fused-ring (bicyclic) bond motifs is 1. The molecule has 0 amide bonds. The van der Waals surface area contributed by atoms with Crippen LogP contribution < -0.4 is 5.73 Å². The number of benzene rings is 1. The van der Waals surface area contributed by atoms with Gasteiger partial charge < -0.3 is 10.2 Å². The van der Waals surface area contributed by atoms with Crippen molar-refractivity contribution >= 4 is 33.6 Å². The Morgan fingerprint density at radius 1 is 1.40 bits per heavy atom. The fourth-order valence-electron chi connectivity index (χ4n) is 1.87. The summed E-state index contributed by atoms with van der Waals surface area (Å²) < 4.78 is 6.95. The van der Waals surface area contributed by atoms with Crippen molar-refractivity contribution in [2.75, 3.05) is 0 Å². The van der Waals surface area contributed by atoms with E-state index >= 15 is 0 Å². The molecule has 2 aromatic rings. The van der Waals surface area contributed by atoms with E-state index in [1.807, 2.05) is 0 Å². The number of nitrogens with two attached hydrogens (primary N) is 1. The predicted molar refractivity (Wildman–Crippen MR) is 70.8 cm³/mol. The molecular weight excluding hydrogens is 301 g/mol. The molecule has 3 heteroatoms. The molecule has 0 radical (unpaired) electrons. The molecule has 0 saturated carbocycles. The fourth-order valence-corrected chi connectivity index (χ4v) is 2.48. The van der Waals surface area contributed by atoms with Gasteiger partial charge in [-0.25, -0.2) is 0 Å². The van der Waals surface area contributed by atoms with Gasteiger partial charge in [-0.2, -0.15) is 0 Å². The van der Waals surface area contributed by atoms with Gasteiger partial charge in [-0.3, -0.25) is 0 Å². The van der Waals surface area contributed by atoms with Gasteiger partial charge in [0.05, 0.1) is 10.1 Å². The molecule has 0 aliphatic heterocycles. The number of aryl methyl sites for hydroxylation is 1. The quantitative estimate of drug-likeness (QED) is 0.881. The zero-order valence-electron chi connectivity index (χ0n) is 8.72. The highest BCUT2D eigenvalue weighted by molar-refractivity contribution is 14.1. The Balaban J connectivity index is 2.68. The minimum Gasteiger partial charge on any atom is -0.458 e. The van der Waals surface area contributed by atoms with Crippen LogP contribution in [-0.2, 0) is 13.0 Å². The summed E-state index contributed by atoms with van der Waals surface area (Å²) in [7, 11) is 0. The summed E-state index contributed by atoms with van der Waals surface area (Å²) in [6.45, 7) is 2.66. The first kappa shape index (κ1) is 11.0. The molecule has 0 atom stereocenters. The Bertz CT molecular complexity index is 476. The van der Waals surface area contributed by atoms with E-state index in [0.717, 1.165) is 27.8 Å². The first-order valence-electron chi connectivity index (χ1n) is 5.16. The molecular formula is C12H14INO. The van der Waals surface area contributed by atoms with E-state index < -0.39 is 0 Å². The Hall–Kier alpha value is -0.550. The van der Waals surface area contributed by atoms with Gasteiger partial charge >= 0.3 is 0 Å². The lowest BCUT2D eigenvalue weighted by Gasteiger charge is -1.97. The molecule has 1 aromatic carbocycles. The number of hydrogen-bond donors (Lipinski definition) is 1. The fraction of sp³-hybridized carbons (Fsp3) is 0.333. The second-order valence-corrected chi connectivity index (χ2v) is 4.74. The Kier molecular flexibility index (Phi) is 3.31. The van der Waals surface area contributed by atoms with Crippen molar-refractivity contribution < 1.29 is 4.42 Å². The highest BCUT2D eigenvalue weighted by atomic mass is 127. The lowest BCUT2D eigenvalue weighted by atomic mass is 10.1. The van der Waals surface area contributed by atoms with Crippen molar-refractivity contribution in [3.05, 3.63) is 33.1 Å². The normalized spacial score (nSPS) is 11.1. The summed E-state index contributed by atoms with van der Waals surface area (Å²) in [4.78, 5) is 0. The molecule has 15 heavy (non-hydrogen) atoms. The van der Waals surface area contributed by atoms with Gasteiger partial charge in [-0.05, 0) is 35.1 Å². The van der Waals surface area contributed by atoms with E-state index in [0.29, 0.717) is 6.54 Å². The summed E-state index contributed by atoms with van der Waals surface area (Å²) in [5.74, 6) is 0.941. The number of halogens is 1. The van der Waals surface area contributed by atoms with E-state index in [-0.39, 0.29) is 0 Å². The number of rotatable bonds is 3. The van der Waals surface area contributed by atoms with Gasteiger partial charge in [0.25, 0.3) is 0 Å². The van der Waals surface area contributed by atoms with Gasteiger partial charge in [-0.15, -0.1) is 0 Å². The zero-order valence-corrected chi connectivity index (χ0v) is 10.9. The average Bonchev–Trinajstić information content (AvgIpc) is 2.59. The maximum absolute atomic E-state index is 5.80. The number of furan rings is 1. The van der Waals surface area contributed by atoms with E-state index in [9.17, 15) is 0 Å². The second kappa shape index (κ2) is 4.53. The highest BCUT2D eigenvalue weighted by Gasteiger charge is 2.13. The van der Waals surface area contributed by atoms with E-state index in [1.165, 1.54) is 10.9 Å². The minimum atomic E-state index is 0.486. The monoisotopic (exact) mass is 315 g/mol. The average molecular weight is 315 g/mol. The molecule has 0 fully saturated rings. The topological polar surface area (TPSA) is 39.2 Å². The van der Waals surface area contributed by atoms with Crippen LogP contribution in [0.25, 0.3) is 11.0 Å². The van der Waals surface area contributed by atoms with E-state index in [2.05, 4.69) is 47.7 Å². The van der Waals surface area contributed by atoms with Crippen LogP contribution >= 0.6 is 22.6 Å². The molecule has 0 saturated heterocycles. The SMILES string of the molecule is CCCc1c(CN)oc2c(I)cccc12. The van der Waals surface area contributed by atoms with Crippen LogP contribution in [0, 0.1) is 3.57 Å². The summed E-state index contributed by atoms with van der Waals surface area (Å²) in [6, 6.07) is 6.24. The van der Waals surface area contributed by atoms with Gasteiger partial charge in [-0.1, -0.05) is 25.5 Å². The molecule has 80 valence electrons. The van der Waals surface area contributed by atoms with Gasteiger partial charge in [0.15, 0.2) is 0 Å². The van der Waals surface area contributed by atoms with Crippen LogP contribution in [0.1, 0.15) is 24.7 Å². The molecule has 1 heterocycles. The Morgan fingerprint density at radius 2 is 2.20 bits per heavy atom. The highest BCUT2D eigenvalue weighted by Crippen LogP contribution is 2.30. The molecule has 2 rings (SSSR count). The first-order valence-corrected chi connectivity index (χ1v) is 6.24. The summed E-state index contributed by atoms with van der Waals surface area (Å²) in [6.07, 6.45) is 2.16. The van der Waals surface area contributed by atoms with Crippen LogP contribution in [0.5, 0.6) is 0 Å². The lowest BCUT2D eigenvalue weighted by molar-refractivity contribution is 0.543. The summed E-state index contributed by atoms with van der Waals surface area (Å²) in [5, 5.41) is 1.23. The van der Waals surface area contributed by atoms with Crippen LogP contribution in [-0.4, -0.2) is 0 Å². The maximum atomic E-state index is 5.80. The van der Waals surface area contributed by atoms with E-state index in [4.69, 9.17) is 10.2 Å². The largest absolute Gasteiger partial charge is 0.458 e. The second-order valence-electron chi connectivity index (χ2n) is 3.57. The smallest absolute Gasteiger partial charge is 0.147 e. The first-order chi connectivity index (χ1) is 7.27. The third-order valence-electron chi connectivity index (χ3n) is 2.54. The van der Waals surface area contributed by atoms with Crippen LogP contribution in [0.15, 0.2) is 22.6 Å². The summed E-state index contributed by atoms with van der Waals surface area (Å²) >= 11 is 2.30. The summed E-state index contributed by atoms with van der Waals surface area (Å²) in [5.41, 5.74) is 7.97. The predicted octanol–water partition coefficient (Wildman–Crippen LogP) is 3.45. The maximum Gasteiger partial charge on any atom is 0.147 e. The van der Waals surface area contributed by atoms with Crippen molar-refractivity contribution in [1.82, 2.24) is 0 Å². The molecule has 1 aromatic heterocycles. The van der Waals surface area contributed by atoms with Gasteiger partial charge in [0.2, 0.25) is 0 Å². The van der Waals surface area contributed by atoms with Gasteiger partial charge in [0, 0.05) is 10.9 Å². The molecule has 0 unspecified atom stereocenters. The lowest BCUT2D eigenvalue weighted by Crippen LogP contribution is -1.98.